The van der Waals surface area contributed by atoms with Gasteiger partial charge in [-0.25, -0.2) is 0 Å². The largest absolute Gasteiger partial charge is 0.508 e. The van der Waals surface area contributed by atoms with Crippen LogP contribution in [-0.4, -0.2) is 20.2 Å². The van der Waals surface area contributed by atoms with Gasteiger partial charge in [0.1, 0.15) is 11.5 Å². The summed E-state index contributed by atoms with van der Waals surface area (Å²) in [5, 5.41) is 23.1. The van der Waals surface area contributed by atoms with E-state index < -0.39 is 0 Å². The van der Waals surface area contributed by atoms with Crippen LogP contribution in [0.1, 0.15) is 28.3 Å². The lowest BCUT2D eigenvalue weighted by Gasteiger charge is -2.01. The van der Waals surface area contributed by atoms with Gasteiger partial charge in [-0.05, 0) is 80.4 Å². The molecule has 0 unspecified atom stereocenters. The summed E-state index contributed by atoms with van der Waals surface area (Å²) in [6.07, 6.45) is 0. The molecule has 0 aliphatic carbocycles. The summed E-state index contributed by atoms with van der Waals surface area (Å²) in [5.41, 5.74) is 4.65. The van der Waals surface area contributed by atoms with Crippen molar-refractivity contribution in [1.29, 1.82) is 0 Å². The Kier molecular flexibility index (Phi) is 7.62. The number of aromatic hydroxyl groups is 2. The first-order valence-corrected chi connectivity index (χ1v) is 10.9. The molecule has 0 aliphatic rings. The van der Waals surface area contributed by atoms with Gasteiger partial charge in [0.05, 0.1) is 22.8 Å². The van der Waals surface area contributed by atoms with Crippen molar-refractivity contribution in [2.45, 2.75) is 34.6 Å². The minimum absolute atomic E-state index is 0.134. The Balaban J connectivity index is 0.000000145. The Morgan fingerprint density at radius 3 is 1.03 bits per heavy atom. The number of aromatic nitrogens is 2. The highest BCUT2D eigenvalue weighted by Gasteiger charge is 1.99. The van der Waals surface area contributed by atoms with E-state index in [-0.39, 0.29) is 11.5 Å². The lowest BCUT2D eigenvalue weighted by molar-refractivity contribution is 0.443. The monoisotopic (exact) mass is 438 g/mol. The minimum Gasteiger partial charge on any atom is -0.508 e. The van der Waals surface area contributed by atoms with Gasteiger partial charge in [-0.1, -0.05) is 54.6 Å². The van der Waals surface area contributed by atoms with Crippen molar-refractivity contribution >= 4 is 21.5 Å². The van der Waals surface area contributed by atoms with Gasteiger partial charge in [0.25, 0.3) is 0 Å². The van der Waals surface area contributed by atoms with Crippen LogP contribution in [0, 0.1) is 34.6 Å². The molecule has 0 amide bonds. The molecular weight excluding hydrogens is 408 g/mol. The molecule has 0 fully saturated rings. The van der Waals surface area contributed by atoms with E-state index in [2.05, 4.69) is 70.6 Å². The maximum Gasteiger partial charge on any atom is 0.122 e. The topological polar surface area (TPSA) is 66.2 Å². The molecule has 0 radical (unpaired) electrons. The molecule has 1 heterocycles. The lowest BCUT2D eigenvalue weighted by atomic mass is 10.0. The number of phenols is 2. The summed E-state index contributed by atoms with van der Waals surface area (Å²) in [6.45, 7) is 9.58. The second-order valence-electron chi connectivity index (χ2n) is 8.03. The van der Waals surface area contributed by atoms with Crippen molar-refractivity contribution in [1.82, 2.24) is 9.97 Å². The molecule has 4 nitrogen and oxygen atoms in total. The Bertz CT molecular complexity index is 1220. The molecule has 5 aromatic rings. The summed E-state index contributed by atoms with van der Waals surface area (Å²) in [6, 6.07) is 26.1. The fraction of sp³-hybridized carbons (Fsp3) is 0.172. The van der Waals surface area contributed by atoms with E-state index in [1.807, 2.05) is 27.7 Å². The highest BCUT2D eigenvalue weighted by molar-refractivity contribution is 5.98. The van der Waals surface area contributed by atoms with E-state index >= 15 is 0 Å². The number of benzene rings is 4. The quantitative estimate of drug-likeness (QED) is 0.253. The number of hydrogen-bond acceptors (Lipinski definition) is 4. The second-order valence-corrected chi connectivity index (χ2v) is 8.03. The van der Waals surface area contributed by atoms with Crippen LogP contribution in [0.25, 0.3) is 21.5 Å². The maximum atomic E-state index is 8.94. The van der Waals surface area contributed by atoms with Gasteiger partial charge in [0, 0.05) is 5.56 Å². The van der Waals surface area contributed by atoms with Crippen LogP contribution in [-0.2, 0) is 0 Å². The third-order valence-electron chi connectivity index (χ3n) is 5.61. The van der Waals surface area contributed by atoms with Crippen LogP contribution in [0.15, 0.2) is 78.9 Å². The maximum absolute atomic E-state index is 8.94. The van der Waals surface area contributed by atoms with Gasteiger partial charge in [0.15, 0.2) is 0 Å². The van der Waals surface area contributed by atoms with Crippen LogP contribution in [0.2, 0.25) is 0 Å². The molecule has 0 bridgehead atoms. The van der Waals surface area contributed by atoms with Crippen molar-refractivity contribution in [3.8, 4) is 11.5 Å². The van der Waals surface area contributed by atoms with Crippen LogP contribution in [0.4, 0.5) is 0 Å². The van der Waals surface area contributed by atoms with E-state index in [4.69, 9.17) is 10.2 Å². The van der Waals surface area contributed by atoms with Gasteiger partial charge < -0.3 is 10.2 Å². The number of hydrogen-bond donors (Lipinski definition) is 2. The number of fused-ring (bicyclic) bond motifs is 2. The predicted molar refractivity (Wildman–Crippen MR) is 137 cm³/mol. The smallest absolute Gasteiger partial charge is 0.122 e. The Labute approximate surface area is 195 Å². The van der Waals surface area contributed by atoms with Gasteiger partial charge in [-0.2, -0.15) is 0 Å². The van der Waals surface area contributed by atoms with E-state index in [0.29, 0.717) is 5.56 Å². The third kappa shape index (κ3) is 6.07. The normalized spacial score (nSPS) is 10.2. The molecule has 0 saturated carbocycles. The number of aryl methyl sites for hydroxylation is 4. The van der Waals surface area contributed by atoms with Crippen molar-refractivity contribution in [3.05, 3.63) is 107 Å². The average molecular weight is 439 g/mol. The van der Waals surface area contributed by atoms with E-state index in [0.717, 1.165) is 22.8 Å². The molecule has 0 spiro atoms. The van der Waals surface area contributed by atoms with Gasteiger partial charge >= 0.3 is 0 Å². The Morgan fingerprint density at radius 2 is 0.758 bits per heavy atom. The summed E-state index contributed by atoms with van der Waals surface area (Å²) in [4.78, 5) is 8.62. The van der Waals surface area contributed by atoms with E-state index in [9.17, 15) is 0 Å². The molecule has 5 rings (SSSR count). The molecule has 4 heteroatoms. The number of phenolic OH excluding ortho intramolecular Hbond substituents is 2. The number of nitrogens with zero attached hydrogens (tertiary/aromatic N) is 2. The van der Waals surface area contributed by atoms with Crippen LogP contribution < -0.4 is 0 Å². The summed E-state index contributed by atoms with van der Waals surface area (Å²) in [5.74, 6) is 0.269. The van der Waals surface area contributed by atoms with Crippen LogP contribution >= 0.6 is 0 Å². The number of rotatable bonds is 0. The fourth-order valence-electron chi connectivity index (χ4n) is 3.32. The average Bonchev–Trinajstić information content (AvgIpc) is 2.81. The van der Waals surface area contributed by atoms with Crippen molar-refractivity contribution in [2.24, 2.45) is 0 Å². The first kappa shape index (κ1) is 23.7. The summed E-state index contributed by atoms with van der Waals surface area (Å²) in [7, 11) is 0. The lowest BCUT2D eigenvalue weighted by Crippen LogP contribution is -1.97. The third-order valence-corrected chi connectivity index (χ3v) is 5.61. The Hall–Kier alpha value is -3.92. The molecule has 4 aromatic carbocycles. The standard InChI is InChI=1S/C14H10.C8H12N2.C7H8O2/c1-2-6-12-10-14-8-4-3-7-13(14)9-11(12)5-1;1-5-6(2)10-8(4)7(3)9-5;1-5-6(8)3-2-4-7(5)9/h1-10H;1-4H3;2-4,8-9H,1H3. The zero-order chi connectivity index (χ0) is 24.0. The first-order valence-electron chi connectivity index (χ1n) is 10.9. The van der Waals surface area contributed by atoms with E-state index in [1.165, 1.54) is 33.7 Å². The molecule has 1 aromatic heterocycles. The zero-order valence-corrected chi connectivity index (χ0v) is 19.8. The first-order chi connectivity index (χ1) is 15.8. The van der Waals surface area contributed by atoms with E-state index in [1.54, 1.807) is 13.0 Å². The second kappa shape index (κ2) is 10.6. The highest BCUT2D eigenvalue weighted by Crippen LogP contribution is 2.24. The Morgan fingerprint density at radius 1 is 0.455 bits per heavy atom. The molecule has 0 aliphatic heterocycles. The summed E-state index contributed by atoms with van der Waals surface area (Å²) >= 11 is 0. The molecule has 2 N–H and O–H groups in total. The fourth-order valence-corrected chi connectivity index (χ4v) is 3.32. The van der Waals surface area contributed by atoms with Crippen LogP contribution in [0.5, 0.6) is 11.5 Å². The van der Waals surface area contributed by atoms with Crippen molar-refractivity contribution in [3.63, 3.8) is 0 Å². The molecular formula is C29H30N2O2. The SMILES string of the molecule is Cc1c(O)cccc1O.Cc1nc(C)c(C)nc1C.c1ccc2cc3ccccc3cc2c1. The molecule has 0 atom stereocenters. The van der Waals surface area contributed by atoms with Crippen molar-refractivity contribution < 1.29 is 10.2 Å². The van der Waals surface area contributed by atoms with Gasteiger partial charge in [-0.3, -0.25) is 9.97 Å². The van der Waals surface area contributed by atoms with Gasteiger partial charge in [0.2, 0.25) is 0 Å². The molecule has 168 valence electrons. The van der Waals surface area contributed by atoms with Crippen molar-refractivity contribution in [2.75, 3.05) is 0 Å². The molecule has 0 saturated heterocycles. The predicted octanol–water partition coefficient (Wildman–Crippen LogP) is 7.11. The van der Waals surface area contributed by atoms with Crippen LogP contribution in [0.3, 0.4) is 0 Å². The van der Waals surface area contributed by atoms with Gasteiger partial charge in [-0.15, -0.1) is 0 Å². The zero-order valence-electron chi connectivity index (χ0n) is 19.8. The summed E-state index contributed by atoms with van der Waals surface area (Å²) < 4.78 is 0. The minimum atomic E-state index is 0.134. The molecule has 33 heavy (non-hydrogen) atoms. The highest BCUT2D eigenvalue weighted by atomic mass is 16.3.